The molecule has 0 aliphatic rings. The zero-order valence-electron chi connectivity index (χ0n) is 8.37. The molecular weight excluding hydrogens is 208 g/mol. The molecule has 4 nitrogen and oxygen atoms in total. The number of benzene rings is 1. The van der Waals surface area contributed by atoms with Crippen molar-refractivity contribution in [3.05, 3.63) is 60.6 Å². The average Bonchev–Trinajstić information content (AvgIpc) is 2.88. The van der Waals surface area contributed by atoms with E-state index in [1.54, 1.807) is 30.7 Å². The standard InChI is InChI=1S/C8H6O3.C4H4O/c9-7(8(10)11)6-4-2-1-3-5-6;1-2-4-5-3-1/h1-5H,(H,10,11);1-4H. The lowest BCUT2D eigenvalue weighted by atomic mass is 10.1. The van der Waals surface area contributed by atoms with Gasteiger partial charge < -0.3 is 9.52 Å². The van der Waals surface area contributed by atoms with Gasteiger partial charge in [-0.3, -0.25) is 4.79 Å². The predicted octanol–water partition coefficient (Wildman–Crippen LogP) is 2.23. The summed E-state index contributed by atoms with van der Waals surface area (Å²) < 4.78 is 4.58. The van der Waals surface area contributed by atoms with Gasteiger partial charge in [0.2, 0.25) is 0 Å². The molecule has 0 aliphatic heterocycles. The van der Waals surface area contributed by atoms with Crippen LogP contribution in [-0.4, -0.2) is 16.9 Å². The van der Waals surface area contributed by atoms with Crippen LogP contribution in [0.25, 0.3) is 0 Å². The van der Waals surface area contributed by atoms with Crippen LogP contribution in [0.4, 0.5) is 0 Å². The van der Waals surface area contributed by atoms with Gasteiger partial charge in [0.25, 0.3) is 5.78 Å². The summed E-state index contributed by atoms with van der Waals surface area (Å²) in [5.74, 6) is -2.29. The van der Waals surface area contributed by atoms with Crippen LogP contribution < -0.4 is 0 Å². The average molecular weight is 218 g/mol. The summed E-state index contributed by atoms with van der Waals surface area (Å²) in [5, 5.41) is 8.29. The highest BCUT2D eigenvalue weighted by molar-refractivity contribution is 6.39. The Morgan fingerprint density at radius 3 is 1.88 bits per heavy atom. The van der Waals surface area contributed by atoms with E-state index in [1.165, 1.54) is 12.1 Å². The van der Waals surface area contributed by atoms with Gasteiger partial charge in [-0.25, -0.2) is 4.79 Å². The van der Waals surface area contributed by atoms with Crippen molar-refractivity contribution in [2.24, 2.45) is 0 Å². The Morgan fingerprint density at radius 2 is 1.50 bits per heavy atom. The lowest BCUT2D eigenvalue weighted by Gasteiger charge is -1.91. The minimum absolute atomic E-state index is 0.208. The molecule has 0 spiro atoms. The third kappa shape index (κ3) is 3.79. The number of carboxylic acid groups (broad SMARTS) is 1. The fraction of sp³-hybridized carbons (Fsp3) is 0. The molecular formula is C12H10O4. The summed E-state index contributed by atoms with van der Waals surface area (Å²) in [4.78, 5) is 20.9. The van der Waals surface area contributed by atoms with Gasteiger partial charge in [-0.15, -0.1) is 0 Å². The van der Waals surface area contributed by atoms with Gasteiger partial charge in [-0.1, -0.05) is 30.3 Å². The van der Waals surface area contributed by atoms with Crippen LogP contribution in [0, 0.1) is 0 Å². The number of carbonyl (C=O) groups excluding carboxylic acids is 1. The number of carboxylic acids is 1. The van der Waals surface area contributed by atoms with E-state index in [9.17, 15) is 9.59 Å². The van der Waals surface area contributed by atoms with Crippen molar-refractivity contribution in [1.82, 2.24) is 0 Å². The number of furan rings is 1. The van der Waals surface area contributed by atoms with Crippen molar-refractivity contribution >= 4 is 11.8 Å². The second-order valence-corrected chi connectivity index (χ2v) is 2.79. The Bertz CT molecular complexity index is 414. The number of aliphatic carboxylic acids is 1. The van der Waals surface area contributed by atoms with Crippen molar-refractivity contribution in [1.29, 1.82) is 0 Å². The van der Waals surface area contributed by atoms with Crippen molar-refractivity contribution in [3.8, 4) is 0 Å². The molecule has 1 aromatic heterocycles. The summed E-state index contributed by atoms with van der Waals surface area (Å²) in [5.41, 5.74) is 0.208. The minimum Gasteiger partial charge on any atom is -0.475 e. The molecule has 1 aromatic carbocycles. The van der Waals surface area contributed by atoms with E-state index < -0.39 is 11.8 Å². The second kappa shape index (κ2) is 6.19. The molecule has 0 amide bonds. The van der Waals surface area contributed by atoms with Gasteiger partial charge in [-0.05, 0) is 12.1 Å². The van der Waals surface area contributed by atoms with E-state index in [2.05, 4.69) is 4.42 Å². The number of Topliss-reactive ketones (excluding diaryl/α,β-unsaturated/α-hetero) is 1. The van der Waals surface area contributed by atoms with Gasteiger partial charge >= 0.3 is 5.97 Å². The Labute approximate surface area is 92.1 Å². The topological polar surface area (TPSA) is 67.5 Å². The van der Waals surface area contributed by atoms with E-state index in [4.69, 9.17) is 5.11 Å². The van der Waals surface area contributed by atoms with Crippen LogP contribution in [-0.2, 0) is 4.79 Å². The zero-order chi connectivity index (χ0) is 11.8. The molecule has 0 aliphatic carbocycles. The Morgan fingerprint density at radius 1 is 0.938 bits per heavy atom. The highest BCUT2D eigenvalue weighted by atomic mass is 16.4. The van der Waals surface area contributed by atoms with Crippen molar-refractivity contribution in [2.45, 2.75) is 0 Å². The minimum atomic E-state index is -1.42. The summed E-state index contributed by atoms with van der Waals surface area (Å²) in [7, 11) is 0. The SMILES string of the molecule is O=C(O)C(=O)c1ccccc1.c1ccoc1. The number of hydrogen-bond acceptors (Lipinski definition) is 3. The third-order valence-corrected chi connectivity index (χ3v) is 1.66. The number of hydrogen-bond donors (Lipinski definition) is 1. The summed E-state index contributed by atoms with van der Waals surface area (Å²) in [6, 6.07) is 11.6. The molecule has 0 radical (unpaired) electrons. The summed E-state index contributed by atoms with van der Waals surface area (Å²) in [6.07, 6.45) is 3.25. The van der Waals surface area contributed by atoms with Crippen LogP contribution >= 0.6 is 0 Å². The van der Waals surface area contributed by atoms with E-state index in [0.717, 1.165) is 0 Å². The molecule has 1 N–H and O–H groups in total. The quantitative estimate of drug-likeness (QED) is 0.620. The first kappa shape index (κ1) is 11.7. The monoisotopic (exact) mass is 218 g/mol. The van der Waals surface area contributed by atoms with Gasteiger partial charge in [-0.2, -0.15) is 0 Å². The molecule has 1 heterocycles. The molecule has 0 atom stereocenters. The Balaban J connectivity index is 0.000000212. The molecule has 0 saturated heterocycles. The van der Waals surface area contributed by atoms with Crippen LogP contribution in [0.5, 0.6) is 0 Å². The normalized spacial score (nSPS) is 8.75. The van der Waals surface area contributed by atoms with Crippen LogP contribution in [0.2, 0.25) is 0 Å². The molecule has 16 heavy (non-hydrogen) atoms. The van der Waals surface area contributed by atoms with E-state index in [1.807, 2.05) is 12.1 Å². The molecule has 4 heteroatoms. The summed E-state index contributed by atoms with van der Waals surface area (Å²) in [6.45, 7) is 0. The largest absolute Gasteiger partial charge is 0.475 e. The molecule has 2 rings (SSSR count). The molecule has 0 saturated carbocycles. The second-order valence-electron chi connectivity index (χ2n) is 2.79. The first-order valence-electron chi connectivity index (χ1n) is 4.51. The van der Waals surface area contributed by atoms with Gasteiger partial charge in [0.1, 0.15) is 0 Å². The highest BCUT2D eigenvalue weighted by Crippen LogP contribution is 1.98. The molecule has 82 valence electrons. The Hall–Kier alpha value is -2.36. The molecule has 0 unspecified atom stereocenters. The summed E-state index contributed by atoms with van der Waals surface area (Å²) >= 11 is 0. The van der Waals surface area contributed by atoms with Crippen molar-refractivity contribution < 1.29 is 19.1 Å². The maximum absolute atomic E-state index is 10.7. The predicted molar refractivity (Wildman–Crippen MR) is 57.1 cm³/mol. The number of ketones is 1. The lowest BCUT2D eigenvalue weighted by Crippen LogP contribution is -2.12. The van der Waals surface area contributed by atoms with Crippen molar-refractivity contribution in [3.63, 3.8) is 0 Å². The maximum Gasteiger partial charge on any atom is 0.377 e. The van der Waals surface area contributed by atoms with Gasteiger partial charge in [0.05, 0.1) is 12.5 Å². The molecule has 0 fully saturated rings. The van der Waals surface area contributed by atoms with E-state index in [0.29, 0.717) is 0 Å². The van der Waals surface area contributed by atoms with Gasteiger partial charge in [0.15, 0.2) is 0 Å². The maximum atomic E-state index is 10.7. The van der Waals surface area contributed by atoms with E-state index in [-0.39, 0.29) is 5.56 Å². The fourth-order valence-corrected chi connectivity index (χ4v) is 0.940. The Kier molecular flexibility index (Phi) is 4.53. The third-order valence-electron chi connectivity index (χ3n) is 1.66. The van der Waals surface area contributed by atoms with E-state index >= 15 is 0 Å². The zero-order valence-corrected chi connectivity index (χ0v) is 8.37. The highest BCUT2D eigenvalue weighted by Gasteiger charge is 2.12. The smallest absolute Gasteiger partial charge is 0.377 e. The molecule has 0 bridgehead atoms. The first-order chi connectivity index (χ1) is 7.72. The van der Waals surface area contributed by atoms with Gasteiger partial charge in [0, 0.05) is 5.56 Å². The number of carbonyl (C=O) groups is 2. The lowest BCUT2D eigenvalue weighted by molar-refractivity contribution is -0.131. The number of rotatable bonds is 2. The fourth-order valence-electron chi connectivity index (χ4n) is 0.940. The van der Waals surface area contributed by atoms with Crippen LogP contribution in [0.15, 0.2) is 59.4 Å². The molecule has 2 aromatic rings. The van der Waals surface area contributed by atoms with Crippen molar-refractivity contribution in [2.75, 3.05) is 0 Å². The van der Waals surface area contributed by atoms with Crippen LogP contribution in [0.3, 0.4) is 0 Å². The van der Waals surface area contributed by atoms with Crippen LogP contribution in [0.1, 0.15) is 10.4 Å². The first-order valence-corrected chi connectivity index (χ1v) is 4.51.